The minimum Gasteiger partial charge on any atom is -0.336 e. The normalized spacial score (nSPS) is 13.5. The maximum Gasteiger partial charge on any atom is 0.243 e. The topological polar surface area (TPSA) is 69.7 Å². The lowest BCUT2D eigenvalue weighted by Crippen LogP contribution is -2.35. The molecule has 0 radical (unpaired) electrons. The molecule has 1 aliphatic heterocycles. The number of hydrogen-bond donors (Lipinski definition) is 1. The van der Waals surface area contributed by atoms with Crippen molar-refractivity contribution in [2.45, 2.75) is 19.3 Å². The molecule has 1 saturated heterocycles. The van der Waals surface area contributed by atoms with E-state index in [1.807, 2.05) is 24.3 Å². The van der Waals surface area contributed by atoms with Gasteiger partial charge in [-0.1, -0.05) is 18.2 Å². The van der Waals surface area contributed by atoms with Crippen LogP contribution in [0.15, 0.2) is 48.5 Å². The van der Waals surface area contributed by atoms with Gasteiger partial charge in [0, 0.05) is 31.4 Å². The lowest BCUT2D eigenvalue weighted by molar-refractivity contribution is -0.132. The number of benzene rings is 2. The Morgan fingerprint density at radius 2 is 1.93 bits per heavy atom. The van der Waals surface area contributed by atoms with E-state index in [2.05, 4.69) is 5.32 Å². The van der Waals surface area contributed by atoms with Crippen LogP contribution in [0.2, 0.25) is 0 Å². The van der Waals surface area contributed by atoms with E-state index in [9.17, 15) is 18.8 Å². The van der Waals surface area contributed by atoms with Crippen molar-refractivity contribution in [1.82, 2.24) is 4.90 Å². The van der Waals surface area contributed by atoms with Crippen molar-refractivity contribution >= 4 is 29.1 Å². The molecule has 0 spiro atoms. The SMILES string of the molecule is CN(CC(=O)Nc1cccc(F)c1)C(=O)Cc1ccc(N2CCCC2=O)cc1. The molecule has 1 fully saturated rings. The molecule has 6 nitrogen and oxygen atoms in total. The summed E-state index contributed by atoms with van der Waals surface area (Å²) >= 11 is 0. The maximum absolute atomic E-state index is 13.2. The molecule has 1 aliphatic rings. The van der Waals surface area contributed by atoms with Gasteiger partial charge in [0.1, 0.15) is 5.82 Å². The van der Waals surface area contributed by atoms with Crippen LogP contribution in [0.1, 0.15) is 18.4 Å². The van der Waals surface area contributed by atoms with Crippen LogP contribution in [0, 0.1) is 5.82 Å². The number of amides is 3. The minimum atomic E-state index is -0.443. The maximum atomic E-state index is 13.2. The summed E-state index contributed by atoms with van der Waals surface area (Å²) in [6, 6.07) is 12.9. The molecule has 7 heteroatoms. The Morgan fingerprint density at radius 3 is 2.57 bits per heavy atom. The van der Waals surface area contributed by atoms with Crippen molar-refractivity contribution in [1.29, 1.82) is 0 Å². The van der Waals surface area contributed by atoms with E-state index in [4.69, 9.17) is 0 Å². The summed E-state index contributed by atoms with van der Waals surface area (Å²) < 4.78 is 13.2. The Kier molecular flexibility index (Phi) is 6.03. The quantitative estimate of drug-likeness (QED) is 0.834. The highest BCUT2D eigenvalue weighted by molar-refractivity contribution is 5.96. The fourth-order valence-corrected chi connectivity index (χ4v) is 3.09. The minimum absolute atomic E-state index is 0.118. The molecular weight excluding hydrogens is 361 g/mol. The van der Waals surface area contributed by atoms with Gasteiger partial charge in [-0.3, -0.25) is 14.4 Å². The van der Waals surface area contributed by atoms with Gasteiger partial charge >= 0.3 is 0 Å². The smallest absolute Gasteiger partial charge is 0.243 e. The highest BCUT2D eigenvalue weighted by Gasteiger charge is 2.21. The number of rotatable bonds is 6. The van der Waals surface area contributed by atoms with E-state index in [0.29, 0.717) is 12.1 Å². The van der Waals surface area contributed by atoms with Gasteiger partial charge in [-0.25, -0.2) is 4.39 Å². The first kappa shape index (κ1) is 19.5. The number of nitrogens with one attached hydrogen (secondary N) is 1. The van der Waals surface area contributed by atoms with E-state index in [-0.39, 0.29) is 24.8 Å². The summed E-state index contributed by atoms with van der Waals surface area (Å²) in [4.78, 5) is 39.3. The summed E-state index contributed by atoms with van der Waals surface area (Å²) in [5.41, 5.74) is 1.98. The van der Waals surface area contributed by atoms with Gasteiger partial charge < -0.3 is 15.1 Å². The molecule has 1 heterocycles. The lowest BCUT2D eigenvalue weighted by Gasteiger charge is -2.18. The predicted molar refractivity (Wildman–Crippen MR) is 104 cm³/mol. The summed E-state index contributed by atoms with van der Waals surface area (Å²) in [7, 11) is 1.55. The molecule has 0 aliphatic carbocycles. The molecule has 0 saturated carbocycles. The molecule has 3 amide bonds. The van der Waals surface area contributed by atoms with Gasteiger partial charge in [0.05, 0.1) is 13.0 Å². The molecule has 2 aromatic rings. The lowest BCUT2D eigenvalue weighted by atomic mass is 10.1. The fourth-order valence-electron chi connectivity index (χ4n) is 3.09. The standard InChI is InChI=1S/C21H22FN3O3/c1-24(14-19(26)23-17-5-2-4-16(22)13-17)21(28)12-15-7-9-18(10-8-15)25-11-3-6-20(25)27/h2,4-5,7-10,13H,3,6,11-12,14H2,1H3,(H,23,26). The van der Waals surface area contributed by atoms with Crippen molar-refractivity contribution < 1.29 is 18.8 Å². The second-order valence-corrected chi connectivity index (χ2v) is 6.80. The zero-order valence-electron chi connectivity index (χ0n) is 15.7. The zero-order valence-corrected chi connectivity index (χ0v) is 15.7. The highest BCUT2D eigenvalue weighted by Crippen LogP contribution is 2.21. The number of carbonyl (C=O) groups excluding carboxylic acids is 3. The number of nitrogens with zero attached hydrogens (tertiary/aromatic N) is 2. The Labute approximate surface area is 162 Å². The van der Waals surface area contributed by atoms with Crippen molar-refractivity contribution in [2.24, 2.45) is 0 Å². The second-order valence-electron chi connectivity index (χ2n) is 6.80. The first-order valence-electron chi connectivity index (χ1n) is 9.11. The third kappa shape index (κ3) is 4.94. The molecule has 28 heavy (non-hydrogen) atoms. The fraction of sp³-hybridized carbons (Fsp3) is 0.286. The Morgan fingerprint density at radius 1 is 1.18 bits per heavy atom. The van der Waals surface area contributed by atoms with Crippen LogP contribution in [0.5, 0.6) is 0 Å². The van der Waals surface area contributed by atoms with Crippen LogP contribution in [0.3, 0.4) is 0 Å². The highest BCUT2D eigenvalue weighted by atomic mass is 19.1. The van der Waals surface area contributed by atoms with Crippen molar-refractivity contribution in [3.63, 3.8) is 0 Å². The molecular formula is C21H22FN3O3. The molecule has 0 unspecified atom stereocenters. The molecule has 0 atom stereocenters. The molecule has 2 aromatic carbocycles. The van der Waals surface area contributed by atoms with Gasteiger partial charge in [-0.2, -0.15) is 0 Å². The van der Waals surface area contributed by atoms with Crippen molar-refractivity contribution in [3.8, 4) is 0 Å². The van der Waals surface area contributed by atoms with E-state index >= 15 is 0 Å². The van der Waals surface area contributed by atoms with Crippen LogP contribution in [0.25, 0.3) is 0 Å². The summed E-state index contributed by atoms with van der Waals surface area (Å²) in [5, 5.41) is 2.56. The first-order chi connectivity index (χ1) is 13.4. The molecule has 146 valence electrons. The monoisotopic (exact) mass is 383 g/mol. The first-order valence-corrected chi connectivity index (χ1v) is 9.11. The summed E-state index contributed by atoms with van der Waals surface area (Å²) in [5.74, 6) is -0.932. The number of halogens is 1. The van der Waals surface area contributed by atoms with E-state index in [1.54, 1.807) is 18.0 Å². The van der Waals surface area contributed by atoms with Crippen molar-refractivity contribution in [2.75, 3.05) is 30.4 Å². The van der Waals surface area contributed by atoms with Gasteiger partial charge in [0.25, 0.3) is 0 Å². The van der Waals surface area contributed by atoms with E-state index < -0.39 is 11.7 Å². The van der Waals surface area contributed by atoms with E-state index in [0.717, 1.165) is 24.2 Å². The Balaban J connectivity index is 1.52. The molecule has 3 rings (SSSR count). The largest absolute Gasteiger partial charge is 0.336 e. The third-order valence-corrected chi connectivity index (χ3v) is 4.59. The van der Waals surface area contributed by atoms with Gasteiger partial charge in [0.2, 0.25) is 17.7 Å². The number of likely N-dealkylation sites (N-methyl/N-ethyl adjacent to an activating group) is 1. The number of anilines is 2. The van der Waals surface area contributed by atoms with Crippen LogP contribution in [-0.4, -0.2) is 42.8 Å². The van der Waals surface area contributed by atoms with Crippen LogP contribution >= 0.6 is 0 Å². The number of hydrogen-bond acceptors (Lipinski definition) is 3. The molecule has 0 bridgehead atoms. The number of carbonyl (C=O) groups is 3. The van der Waals surface area contributed by atoms with Crippen molar-refractivity contribution in [3.05, 3.63) is 59.9 Å². The third-order valence-electron chi connectivity index (χ3n) is 4.59. The average molecular weight is 383 g/mol. The molecule has 1 N–H and O–H groups in total. The Bertz CT molecular complexity index is 883. The summed E-state index contributed by atoms with van der Waals surface area (Å²) in [6.45, 7) is 0.593. The van der Waals surface area contributed by atoms with E-state index in [1.165, 1.54) is 23.1 Å². The average Bonchev–Trinajstić information content (AvgIpc) is 3.08. The zero-order chi connectivity index (χ0) is 20.1. The predicted octanol–water partition coefficient (Wildman–Crippen LogP) is 2.59. The van der Waals surface area contributed by atoms with Crippen LogP contribution in [0.4, 0.5) is 15.8 Å². The Hall–Kier alpha value is -3.22. The van der Waals surface area contributed by atoms with Gasteiger partial charge in [-0.15, -0.1) is 0 Å². The van der Waals surface area contributed by atoms with Gasteiger partial charge in [0.15, 0.2) is 0 Å². The molecule has 0 aromatic heterocycles. The van der Waals surface area contributed by atoms with Gasteiger partial charge in [-0.05, 0) is 42.3 Å². The second kappa shape index (κ2) is 8.65. The summed E-state index contributed by atoms with van der Waals surface area (Å²) in [6.07, 6.45) is 1.59. The van der Waals surface area contributed by atoms with Crippen LogP contribution < -0.4 is 10.2 Å². The van der Waals surface area contributed by atoms with Crippen LogP contribution in [-0.2, 0) is 20.8 Å².